The number of ether oxygens (including phenoxy) is 2. The van der Waals surface area contributed by atoms with E-state index in [-0.39, 0.29) is 13.2 Å². The molecule has 136 valence electrons. The number of carbonyl (C=O) groups excluding carboxylic acids is 2. The first-order valence-electron chi connectivity index (χ1n) is 7.84. The average molecular weight is 362 g/mol. The van der Waals surface area contributed by atoms with E-state index >= 15 is 0 Å². The van der Waals surface area contributed by atoms with Gasteiger partial charge in [-0.1, -0.05) is 18.2 Å². The molecule has 1 atom stereocenters. The minimum atomic E-state index is -1.14. The quantitative estimate of drug-likeness (QED) is 0.850. The van der Waals surface area contributed by atoms with Gasteiger partial charge in [0.1, 0.15) is 23.9 Å². The molecule has 1 heterocycles. The fourth-order valence-corrected chi connectivity index (χ4v) is 2.50. The number of carbonyl (C=O) groups is 2. The van der Waals surface area contributed by atoms with Crippen LogP contribution in [0.1, 0.15) is 0 Å². The molecule has 0 fully saturated rings. The van der Waals surface area contributed by atoms with Crippen molar-refractivity contribution >= 4 is 17.5 Å². The zero-order chi connectivity index (χ0) is 18.7. The number of nitrogens with zero attached hydrogens (tertiary/aromatic N) is 1. The van der Waals surface area contributed by atoms with Crippen molar-refractivity contribution in [2.24, 2.45) is 0 Å². The predicted octanol–water partition coefficient (Wildman–Crippen LogP) is 2.20. The summed E-state index contributed by atoms with van der Waals surface area (Å²) in [5.41, 5.74) is -0.662. The van der Waals surface area contributed by atoms with Gasteiger partial charge in [-0.25, -0.2) is 8.78 Å². The molecule has 26 heavy (non-hydrogen) atoms. The molecule has 1 aliphatic rings. The SMILES string of the molecule is CN(CC1COc2ccccc2O1)C(=O)C(=O)Nc1c(F)cccc1F. The second-order valence-electron chi connectivity index (χ2n) is 5.73. The standard InChI is InChI=1S/C18H16F2N2O4/c1-22(9-11-10-25-14-7-2-3-8-15(14)26-11)18(24)17(23)21-16-12(19)5-4-6-13(16)20/h2-8,11H,9-10H2,1H3,(H,21,23). The van der Waals surface area contributed by atoms with Gasteiger partial charge in [0.15, 0.2) is 17.6 Å². The van der Waals surface area contributed by atoms with Crippen LogP contribution >= 0.6 is 0 Å². The zero-order valence-corrected chi connectivity index (χ0v) is 13.9. The Balaban J connectivity index is 1.60. The third-order valence-corrected chi connectivity index (χ3v) is 3.79. The molecule has 0 saturated carbocycles. The second-order valence-corrected chi connectivity index (χ2v) is 5.73. The summed E-state index contributed by atoms with van der Waals surface area (Å²) < 4.78 is 38.4. The van der Waals surface area contributed by atoms with Gasteiger partial charge in [0.25, 0.3) is 0 Å². The van der Waals surface area contributed by atoms with Gasteiger partial charge >= 0.3 is 11.8 Å². The molecule has 2 aromatic carbocycles. The minimum absolute atomic E-state index is 0.0698. The van der Waals surface area contributed by atoms with Gasteiger partial charge in [0, 0.05) is 7.05 Å². The van der Waals surface area contributed by atoms with Crippen molar-refractivity contribution < 1.29 is 27.8 Å². The molecule has 2 amide bonds. The van der Waals surface area contributed by atoms with Gasteiger partial charge in [-0.05, 0) is 24.3 Å². The van der Waals surface area contributed by atoms with Crippen LogP contribution in [0.15, 0.2) is 42.5 Å². The fourth-order valence-electron chi connectivity index (χ4n) is 2.50. The summed E-state index contributed by atoms with van der Waals surface area (Å²) in [7, 11) is 1.39. The molecule has 0 spiro atoms. The lowest BCUT2D eigenvalue weighted by atomic mass is 10.2. The predicted molar refractivity (Wildman–Crippen MR) is 89.0 cm³/mol. The number of hydrogen-bond donors (Lipinski definition) is 1. The Kier molecular flexibility index (Phi) is 5.01. The lowest BCUT2D eigenvalue weighted by Gasteiger charge is -2.29. The van der Waals surface area contributed by atoms with Crippen molar-refractivity contribution in [3.63, 3.8) is 0 Å². The summed E-state index contributed by atoms with van der Waals surface area (Å²) >= 11 is 0. The van der Waals surface area contributed by atoms with E-state index in [0.717, 1.165) is 23.1 Å². The van der Waals surface area contributed by atoms with Crippen molar-refractivity contribution in [3.05, 3.63) is 54.1 Å². The maximum atomic E-state index is 13.6. The number of anilines is 1. The molecule has 2 aromatic rings. The van der Waals surface area contributed by atoms with Crippen LogP contribution in [0.25, 0.3) is 0 Å². The van der Waals surface area contributed by atoms with E-state index in [0.29, 0.717) is 11.5 Å². The number of para-hydroxylation sites is 3. The molecule has 0 bridgehead atoms. The van der Waals surface area contributed by atoms with Crippen molar-refractivity contribution in [1.29, 1.82) is 0 Å². The van der Waals surface area contributed by atoms with E-state index in [1.807, 2.05) is 11.4 Å². The highest BCUT2D eigenvalue weighted by Gasteiger charge is 2.27. The number of likely N-dealkylation sites (N-methyl/N-ethyl adjacent to an activating group) is 1. The maximum Gasteiger partial charge on any atom is 0.314 e. The average Bonchev–Trinajstić information content (AvgIpc) is 2.64. The van der Waals surface area contributed by atoms with Gasteiger partial charge in [-0.2, -0.15) is 0 Å². The Morgan fingerprint density at radius 3 is 2.46 bits per heavy atom. The highest BCUT2D eigenvalue weighted by atomic mass is 19.1. The number of hydrogen-bond acceptors (Lipinski definition) is 4. The summed E-state index contributed by atoms with van der Waals surface area (Å²) in [5.74, 6) is -2.87. The van der Waals surface area contributed by atoms with Crippen LogP contribution in [0.2, 0.25) is 0 Å². The largest absolute Gasteiger partial charge is 0.486 e. The summed E-state index contributed by atoms with van der Waals surface area (Å²) in [6.07, 6.45) is -0.475. The first-order chi connectivity index (χ1) is 12.5. The Bertz CT molecular complexity index is 823. The van der Waals surface area contributed by atoms with Crippen LogP contribution in [0.3, 0.4) is 0 Å². The molecule has 1 unspecified atom stereocenters. The molecule has 1 N–H and O–H groups in total. The number of halogens is 2. The highest BCUT2D eigenvalue weighted by molar-refractivity contribution is 6.39. The van der Waals surface area contributed by atoms with Gasteiger partial charge in [0.2, 0.25) is 0 Å². The lowest BCUT2D eigenvalue weighted by molar-refractivity contribution is -0.143. The van der Waals surface area contributed by atoms with Crippen LogP contribution in [-0.2, 0) is 9.59 Å². The summed E-state index contributed by atoms with van der Waals surface area (Å²) in [5, 5.41) is 1.96. The first-order valence-corrected chi connectivity index (χ1v) is 7.84. The third-order valence-electron chi connectivity index (χ3n) is 3.79. The van der Waals surface area contributed by atoms with Gasteiger partial charge in [0.05, 0.1) is 6.54 Å². The van der Waals surface area contributed by atoms with E-state index in [1.54, 1.807) is 18.2 Å². The molecule has 0 saturated heterocycles. The van der Waals surface area contributed by atoms with E-state index < -0.39 is 35.2 Å². The minimum Gasteiger partial charge on any atom is -0.486 e. The summed E-state index contributed by atoms with van der Waals surface area (Å²) in [6, 6.07) is 10.2. The second kappa shape index (κ2) is 7.38. The lowest BCUT2D eigenvalue weighted by Crippen LogP contribution is -2.45. The number of fused-ring (bicyclic) bond motifs is 1. The molecular weight excluding hydrogens is 346 g/mol. The van der Waals surface area contributed by atoms with Crippen molar-refractivity contribution in [2.75, 3.05) is 25.5 Å². The molecule has 1 aliphatic heterocycles. The maximum absolute atomic E-state index is 13.6. The Morgan fingerprint density at radius 1 is 1.12 bits per heavy atom. The molecule has 8 heteroatoms. The summed E-state index contributed by atoms with van der Waals surface area (Å²) in [4.78, 5) is 25.3. The van der Waals surface area contributed by atoms with Crippen LogP contribution in [-0.4, -0.2) is 43.0 Å². The van der Waals surface area contributed by atoms with Crippen LogP contribution in [0, 0.1) is 11.6 Å². The topological polar surface area (TPSA) is 67.9 Å². The van der Waals surface area contributed by atoms with Crippen LogP contribution in [0.4, 0.5) is 14.5 Å². The fraction of sp³-hybridized carbons (Fsp3) is 0.222. The Morgan fingerprint density at radius 2 is 1.77 bits per heavy atom. The van der Waals surface area contributed by atoms with Gasteiger partial charge in [-0.15, -0.1) is 0 Å². The first kappa shape index (κ1) is 17.7. The molecule has 0 aliphatic carbocycles. The van der Waals surface area contributed by atoms with E-state index in [9.17, 15) is 18.4 Å². The van der Waals surface area contributed by atoms with Crippen LogP contribution in [0.5, 0.6) is 11.5 Å². The molecule has 0 aromatic heterocycles. The van der Waals surface area contributed by atoms with E-state index in [2.05, 4.69) is 0 Å². The number of nitrogens with one attached hydrogen (secondary N) is 1. The summed E-state index contributed by atoms with van der Waals surface area (Å²) in [6.45, 7) is 0.276. The molecule has 3 rings (SSSR count). The Labute approximate surface area is 148 Å². The smallest absolute Gasteiger partial charge is 0.314 e. The monoisotopic (exact) mass is 362 g/mol. The molecule has 0 radical (unpaired) electrons. The van der Waals surface area contributed by atoms with Crippen molar-refractivity contribution in [1.82, 2.24) is 4.90 Å². The number of amides is 2. The number of benzene rings is 2. The zero-order valence-electron chi connectivity index (χ0n) is 13.9. The van der Waals surface area contributed by atoms with Crippen molar-refractivity contribution in [2.45, 2.75) is 6.10 Å². The van der Waals surface area contributed by atoms with Crippen LogP contribution < -0.4 is 14.8 Å². The number of rotatable bonds is 3. The highest BCUT2D eigenvalue weighted by Crippen LogP contribution is 2.31. The normalized spacial score (nSPS) is 15.3. The Hall–Kier alpha value is -3.16. The third kappa shape index (κ3) is 3.74. The van der Waals surface area contributed by atoms with E-state index in [1.165, 1.54) is 7.05 Å². The van der Waals surface area contributed by atoms with Crippen molar-refractivity contribution in [3.8, 4) is 11.5 Å². The van der Waals surface area contributed by atoms with Gasteiger partial charge in [-0.3, -0.25) is 9.59 Å². The molecule has 6 nitrogen and oxygen atoms in total. The van der Waals surface area contributed by atoms with E-state index in [4.69, 9.17) is 9.47 Å². The van der Waals surface area contributed by atoms with Gasteiger partial charge < -0.3 is 19.7 Å². The molecular formula is C18H16F2N2O4.